The maximum Gasteiger partial charge on any atom is 0.416 e. The van der Waals surface area contributed by atoms with E-state index in [2.05, 4.69) is 20.1 Å². The zero-order chi connectivity index (χ0) is 26.8. The van der Waals surface area contributed by atoms with Gasteiger partial charge in [0.15, 0.2) is 0 Å². The van der Waals surface area contributed by atoms with Crippen LogP contribution < -0.4 is 5.69 Å². The molecule has 2 heterocycles. The number of aliphatic hydroxyl groups excluding tert-OH is 1. The highest BCUT2D eigenvalue weighted by atomic mass is 19.4. The lowest BCUT2D eigenvalue weighted by molar-refractivity contribution is -0.143. The third-order valence-corrected chi connectivity index (χ3v) is 7.01. The molecule has 4 rings (SSSR count). The minimum absolute atomic E-state index is 0.0137. The summed E-state index contributed by atoms with van der Waals surface area (Å²) < 4.78 is 79.6. The molecule has 1 saturated heterocycles. The van der Waals surface area contributed by atoms with Gasteiger partial charge in [-0.15, -0.1) is 0 Å². The summed E-state index contributed by atoms with van der Waals surface area (Å²) in [5.74, 6) is 0.498. The highest BCUT2D eigenvalue weighted by molar-refractivity contribution is 5.35. The van der Waals surface area contributed by atoms with Crippen molar-refractivity contribution >= 4 is 0 Å². The lowest BCUT2D eigenvalue weighted by Gasteiger charge is -2.42. The molecule has 1 aliphatic heterocycles. The highest BCUT2D eigenvalue weighted by Crippen LogP contribution is 2.43. The molecule has 0 bridgehead atoms. The van der Waals surface area contributed by atoms with Crippen LogP contribution in [0.15, 0.2) is 53.3 Å². The lowest BCUT2D eigenvalue weighted by Crippen LogP contribution is -2.42. The summed E-state index contributed by atoms with van der Waals surface area (Å²) in [6.45, 7) is 1.68. The minimum atomic E-state index is -4.98. The van der Waals surface area contributed by atoms with Gasteiger partial charge < -0.3 is 5.11 Å². The zero-order valence-electron chi connectivity index (χ0n) is 19.7. The fourth-order valence-corrected chi connectivity index (χ4v) is 4.96. The maximum atomic E-state index is 13.3. The summed E-state index contributed by atoms with van der Waals surface area (Å²) in [7, 11) is 0. The molecule has 2 aromatic carbocycles. The number of halogens is 6. The molecule has 1 unspecified atom stereocenters. The predicted octanol–water partition coefficient (Wildman–Crippen LogP) is 5.18. The second-order valence-corrected chi connectivity index (χ2v) is 9.44. The molecule has 0 aliphatic carbocycles. The van der Waals surface area contributed by atoms with Crippen LogP contribution >= 0.6 is 0 Å². The number of H-pyrrole nitrogens is 2. The first-order chi connectivity index (χ1) is 17.4. The molecule has 0 radical (unpaired) electrons. The number of piperidine rings is 1. The average Bonchev–Trinajstić information content (AvgIpc) is 3.27. The summed E-state index contributed by atoms with van der Waals surface area (Å²) in [5, 5.41) is 17.0. The van der Waals surface area contributed by atoms with E-state index in [1.807, 2.05) is 30.3 Å². The number of aliphatic hydroxyl groups is 1. The van der Waals surface area contributed by atoms with E-state index in [-0.39, 0.29) is 12.5 Å². The lowest BCUT2D eigenvalue weighted by atomic mass is 9.69. The van der Waals surface area contributed by atoms with Crippen molar-refractivity contribution in [3.8, 4) is 0 Å². The highest BCUT2D eigenvalue weighted by Gasteiger charge is 2.39. The Bertz CT molecular complexity index is 1210. The number of hydrogen-bond acceptors (Lipinski definition) is 4. The van der Waals surface area contributed by atoms with Gasteiger partial charge in [0.05, 0.1) is 23.8 Å². The first-order valence-corrected chi connectivity index (χ1v) is 11.7. The smallest absolute Gasteiger partial charge is 0.388 e. The van der Waals surface area contributed by atoms with Crippen molar-refractivity contribution in [2.75, 3.05) is 13.1 Å². The number of hydrogen-bond donors (Lipinski definition) is 3. The predicted molar refractivity (Wildman–Crippen MR) is 122 cm³/mol. The topological polar surface area (TPSA) is 85.0 Å². The van der Waals surface area contributed by atoms with E-state index < -0.39 is 46.3 Å². The van der Waals surface area contributed by atoms with Crippen LogP contribution in [0.25, 0.3) is 0 Å². The van der Waals surface area contributed by atoms with Gasteiger partial charge in [-0.25, -0.2) is 9.89 Å². The molecule has 1 atom stereocenters. The number of benzene rings is 2. The van der Waals surface area contributed by atoms with E-state index >= 15 is 0 Å². The van der Waals surface area contributed by atoms with E-state index in [0.29, 0.717) is 56.9 Å². The van der Waals surface area contributed by atoms with Gasteiger partial charge in [-0.3, -0.25) is 9.88 Å². The number of likely N-dealkylation sites (tertiary alicyclic amines) is 1. The first-order valence-electron chi connectivity index (χ1n) is 11.7. The third kappa shape index (κ3) is 6.42. The summed E-state index contributed by atoms with van der Waals surface area (Å²) in [5.41, 5.74) is -3.13. The molecule has 0 saturated carbocycles. The second-order valence-electron chi connectivity index (χ2n) is 9.44. The summed E-state index contributed by atoms with van der Waals surface area (Å²) >= 11 is 0. The Morgan fingerprint density at radius 1 is 0.973 bits per heavy atom. The van der Waals surface area contributed by atoms with Crippen molar-refractivity contribution in [3.63, 3.8) is 0 Å². The van der Waals surface area contributed by atoms with Crippen LogP contribution in [0.1, 0.15) is 59.9 Å². The first kappa shape index (κ1) is 26.9. The molecule has 0 amide bonds. The van der Waals surface area contributed by atoms with Crippen LogP contribution in [0, 0.1) is 0 Å². The molecule has 3 N–H and O–H groups in total. The van der Waals surface area contributed by atoms with Crippen LogP contribution in [-0.2, 0) is 24.3 Å². The van der Waals surface area contributed by atoms with Gasteiger partial charge in [0, 0.05) is 0 Å². The molecule has 1 aromatic heterocycles. The third-order valence-electron chi connectivity index (χ3n) is 7.01. The normalized spacial score (nSPS) is 17.6. The number of nitrogens with zero attached hydrogens (tertiary/aromatic N) is 2. The molecule has 1 aliphatic rings. The molecule has 0 spiro atoms. The Hall–Kier alpha value is -3.12. The summed E-state index contributed by atoms with van der Waals surface area (Å²) in [6, 6.07) is 10.7. The standard InChI is InChI=1S/C25H26F6N4O2/c26-24(27,28)18-12-16(13-19(14-18)25(29,30)31)20(36)6-7-23(17-4-2-1-3-5-17)8-10-35(11-9-23)15-21-32-22(37)34-33-21/h1-5,12-14,20,36H,6-11,15H2,(H2,32,33,34,37). The Morgan fingerprint density at radius 3 is 2.08 bits per heavy atom. The van der Waals surface area contributed by atoms with Gasteiger partial charge in [0.25, 0.3) is 0 Å². The van der Waals surface area contributed by atoms with E-state index in [0.717, 1.165) is 5.56 Å². The monoisotopic (exact) mass is 528 g/mol. The summed E-state index contributed by atoms with van der Waals surface area (Å²) in [6.07, 6.45) is -9.82. The van der Waals surface area contributed by atoms with E-state index in [4.69, 9.17) is 0 Å². The molecule has 200 valence electrons. The second kappa shape index (κ2) is 10.3. The van der Waals surface area contributed by atoms with Crippen LogP contribution in [0.4, 0.5) is 26.3 Å². The zero-order valence-corrected chi connectivity index (χ0v) is 19.7. The fraction of sp³-hybridized carbons (Fsp3) is 0.440. The Morgan fingerprint density at radius 2 is 1.57 bits per heavy atom. The van der Waals surface area contributed by atoms with Crippen LogP contribution in [0.3, 0.4) is 0 Å². The molecule has 12 heteroatoms. The molecular formula is C25H26F6N4O2. The largest absolute Gasteiger partial charge is 0.416 e. The van der Waals surface area contributed by atoms with Crippen molar-refractivity contribution in [3.05, 3.63) is 87.1 Å². The maximum absolute atomic E-state index is 13.3. The van der Waals surface area contributed by atoms with Crippen molar-refractivity contribution in [1.82, 2.24) is 20.1 Å². The summed E-state index contributed by atoms with van der Waals surface area (Å²) in [4.78, 5) is 16.0. The van der Waals surface area contributed by atoms with Crippen LogP contribution in [0.5, 0.6) is 0 Å². The molecule has 37 heavy (non-hydrogen) atoms. The van der Waals surface area contributed by atoms with Crippen molar-refractivity contribution in [2.24, 2.45) is 0 Å². The number of aromatic nitrogens is 3. The van der Waals surface area contributed by atoms with E-state index in [1.165, 1.54) is 0 Å². The number of nitrogens with one attached hydrogen (secondary N) is 2. The quantitative estimate of drug-likeness (QED) is 0.369. The Kier molecular flexibility index (Phi) is 7.52. The van der Waals surface area contributed by atoms with Gasteiger partial charge in [0.1, 0.15) is 5.82 Å². The Balaban J connectivity index is 1.53. The molecule has 1 fully saturated rings. The number of alkyl halides is 6. The molecule has 3 aromatic rings. The number of aromatic amines is 2. The van der Waals surface area contributed by atoms with Gasteiger partial charge in [-0.1, -0.05) is 30.3 Å². The molecular weight excluding hydrogens is 502 g/mol. The minimum Gasteiger partial charge on any atom is -0.388 e. The molecule has 6 nitrogen and oxygen atoms in total. The van der Waals surface area contributed by atoms with Crippen molar-refractivity contribution < 1.29 is 31.4 Å². The van der Waals surface area contributed by atoms with Gasteiger partial charge in [-0.05, 0) is 73.5 Å². The van der Waals surface area contributed by atoms with Gasteiger partial charge in [0.2, 0.25) is 0 Å². The Labute approximate surface area is 208 Å². The fourth-order valence-electron chi connectivity index (χ4n) is 4.96. The van der Waals surface area contributed by atoms with Crippen LogP contribution in [-0.4, -0.2) is 38.3 Å². The SMILES string of the molecule is O=c1[nH]nc(CN2CCC(CCC(O)c3cc(C(F)(F)F)cc(C(F)(F)F)c3)(c3ccccc3)CC2)[nH]1. The van der Waals surface area contributed by atoms with E-state index in [1.54, 1.807) is 0 Å². The van der Waals surface area contributed by atoms with Crippen LogP contribution in [0.2, 0.25) is 0 Å². The van der Waals surface area contributed by atoms with E-state index in [9.17, 15) is 36.2 Å². The van der Waals surface area contributed by atoms with Crippen molar-refractivity contribution in [1.29, 1.82) is 0 Å². The van der Waals surface area contributed by atoms with Gasteiger partial charge >= 0.3 is 18.0 Å². The average molecular weight is 528 g/mol. The number of rotatable bonds is 7. The van der Waals surface area contributed by atoms with Crippen molar-refractivity contribution in [2.45, 2.75) is 56.1 Å². The van der Waals surface area contributed by atoms with Gasteiger partial charge in [-0.2, -0.15) is 31.4 Å².